The van der Waals surface area contributed by atoms with Gasteiger partial charge in [0.2, 0.25) is 5.90 Å². The van der Waals surface area contributed by atoms with E-state index in [1.54, 1.807) is 43.5 Å². The summed E-state index contributed by atoms with van der Waals surface area (Å²) in [6, 6.07) is 10.5. The Morgan fingerprint density at radius 1 is 1.13 bits per heavy atom. The summed E-state index contributed by atoms with van der Waals surface area (Å²) < 4.78 is 16.3. The van der Waals surface area contributed by atoms with Crippen LogP contribution in [0.5, 0.6) is 11.5 Å². The van der Waals surface area contributed by atoms with Gasteiger partial charge in [0.1, 0.15) is 0 Å². The van der Waals surface area contributed by atoms with Crippen molar-refractivity contribution in [1.82, 2.24) is 0 Å². The summed E-state index contributed by atoms with van der Waals surface area (Å²) in [5, 5.41) is 0.615. The van der Waals surface area contributed by atoms with Gasteiger partial charge in [-0.2, -0.15) is 0 Å². The van der Waals surface area contributed by atoms with Gasteiger partial charge in [0.15, 0.2) is 23.9 Å². The minimum absolute atomic E-state index is 0.360. The van der Waals surface area contributed by atoms with Crippen LogP contribution in [0.2, 0.25) is 5.02 Å². The van der Waals surface area contributed by atoms with E-state index in [1.807, 2.05) is 0 Å². The third-order valence-electron chi connectivity index (χ3n) is 3.51. The van der Waals surface area contributed by atoms with E-state index in [1.165, 1.54) is 7.11 Å². The first-order chi connectivity index (χ1) is 11.2. The van der Waals surface area contributed by atoms with Crippen molar-refractivity contribution in [3.63, 3.8) is 0 Å². The lowest BCUT2D eigenvalue weighted by Crippen LogP contribution is -2.18. The van der Waals surface area contributed by atoms with Crippen LogP contribution in [0.4, 0.5) is 5.69 Å². The fraction of sp³-hybridized carbons (Fsp3) is 0.176. The highest BCUT2D eigenvalue weighted by Gasteiger charge is 2.26. The Hall–Kier alpha value is -2.53. The fourth-order valence-electron chi connectivity index (χ4n) is 2.35. The normalized spacial score (nSPS) is 16.0. The molecule has 0 radical (unpaired) electrons. The van der Waals surface area contributed by atoms with Crippen LogP contribution < -0.4 is 9.47 Å². The zero-order chi connectivity index (χ0) is 16.4. The van der Waals surface area contributed by atoms with E-state index in [2.05, 4.69) is 4.99 Å². The second-order valence-electron chi connectivity index (χ2n) is 4.86. The average molecular weight is 332 g/mol. The van der Waals surface area contributed by atoms with E-state index in [4.69, 9.17) is 25.8 Å². The lowest BCUT2D eigenvalue weighted by Gasteiger charge is -2.23. The number of ether oxygens (including phenoxy) is 3. The van der Waals surface area contributed by atoms with Gasteiger partial charge in [-0.15, -0.1) is 0 Å². The third kappa shape index (κ3) is 2.87. The molecule has 23 heavy (non-hydrogen) atoms. The zero-order valence-electron chi connectivity index (χ0n) is 12.6. The topological polar surface area (TPSA) is 57.1 Å². The van der Waals surface area contributed by atoms with Gasteiger partial charge in [0, 0.05) is 22.2 Å². The molecular formula is C17H14ClNO4. The lowest BCUT2D eigenvalue weighted by atomic mass is 10.0. The largest absolute Gasteiger partial charge is 0.493 e. The van der Waals surface area contributed by atoms with Crippen molar-refractivity contribution in [2.24, 2.45) is 4.99 Å². The van der Waals surface area contributed by atoms with Crippen LogP contribution in [-0.4, -0.2) is 26.4 Å². The van der Waals surface area contributed by atoms with Crippen molar-refractivity contribution in [2.45, 2.75) is 6.10 Å². The van der Waals surface area contributed by atoms with E-state index in [9.17, 15) is 4.79 Å². The summed E-state index contributed by atoms with van der Waals surface area (Å²) in [7, 11) is 3.08. The zero-order valence-corrected chi connectivity index (χ0v) is 13.3. The highest BCUT2D eigenvalue weighted by Crippen LogP contribution is 2.41. The third-order valence-corrected chi connectivity index (χ3v) is 3.77. The molecule has 0 amide bonds. The Morgan fingerprint density at radius 2 is 1.78 bits per heavy atom. The van der Waals surface area contributed by atoms with Gasteiger partial charge in [-0.3, -0.25) is 4.79 Å². The Labute approximate surface area is 138 Å². The number of aldehydes is 1. The van der Waals surface area contributed by atoms with E-state index < -0.39 is 6.10 Å². The lowest BCUT2D eigenvalue weighted by molar-refractivity contribution is -0.114. The van der Waals surface area contributed by atoms with Crippen LogP contribution in [-0.2, 0) is 9.53 Å². The summed E-state index contributed by atoms with van der Waals surface area (Å²) in [5.74, 6) is 1.42. The Bertz CT molecular complexity index is 771. The van der Waals surface area contributed by atoms with Crippen molar-refractivity contribution < 1.29 is 19.0 Å². The quantitative estimate of drug-likeness (QED) is 0.801. The van der Waals surface area contributed by atoms with E-state index in [0.717, 1.165) is 11.8 Å². The molecule has 2 aromatic rings. The number of benzene rings is 2. The van der Waals surface area contributed by atoms with Crippen molar-refractivity contribution in [2.75, 3.05) is 14.2 Å². The summed E-state index contributed by atoms with van der Waals surface area (Å²) in [6.45, 7) is 0. The molecule has 1 atom stereocenters. The smallest absolute Gasteiger partial charge is 0.222 e. The van der Waals surface area contributed by atoms with Crippen molar-refractivity contribution in [3.05, 3.63) is 52.5 Å². The van der Waals surface area contributed by atoms with Crippen molar-refractivity contribution >= 4 is 29.5 Å². The second kappa shape index (κ2) is 6.30. The Morgan fingerprint density at radius 3 is 2.39 bits per heavy atom. The molecule has 0 aromatic heterocycles. The molecular weight excluding hydrogens is 318 g/mol. The fourth-order valence-corrected chi connectivity index (χ4v) is 2.48. The average Bonchev–Trinajstić information content (AvgIpc) is 2.60. The molecule has 3 rings (SSSR count). The van der Waals surface area contributed by atoms with E-state index in [0.29, 0.717) is 33.7 Å². The predicted octanol–water partition coefficient (Wildman–Crippen LogP) is 3.71. The van der Waals surface area contributed by atoms with Gasteiger partial charge in [0.05, 0.1) is 19.9 Å². The molecule has 1 unspecified atom stereocenters. The molecule has 6 heteroatoms. The SMILES string of the molecule is COc1cc2c(cc1OC)C(C=O)OC(c1ccc(Cl)cc1)=N2. The molecule has 0 aliphatic carbocycles. The van der Waals surface area contributed by atoms with Gasteiger partial charge >= 0.3 is 0 Å². The van der Waals surface area contributed by atoms with Crippen molar-refractivity contribution in [3.8, 4) is 11.5 Å². The first-order valence-electron chi connectivity index (χ1n) is 6.88. The number of methoxy groups -OCH3 is 2. The first-order valence-corrected chi connectivity index (χ1v) is 7.26. The number of hydrogen-bond donors (Lipinski definition) is 0. The monoisotopic (exact) mass is 331 g/mol. The molecule has 0 saturated heterocycles. The maximum absolute atomic E-state index is 11.4. The van der Waals surface area contributed by atoms with Crippen LogP contribution in [0.25, 0.3) is 0 Å². The number of carbonyl (C=O) groups is 1. The van der Waals surface area contributed by atoms with Gasteiger partial charge in [-0.25, -0.2) is 4.99 Å². The van der Waals surface area contributed by atoms with Crippen molar-refractivity contribution in [1.29, 1.82) is 0 Å². The van der Waals surface area contributed by atoms with E-state index >= 15 is 0 Å². The first kappa shape index (κ1) is 15.4. The Balaban J connectivity index is 2.11. The highest BCUT2D eigenvalue weighted by atomic mass is 35.5. The number of fused-ring (bicyclic) bond motifs is 1. The Kier molecular flexibility index (Phi) is 4.21. The molecule has 5 nitrogen and oxygen atoms in total. The molecule has 0 spiro atoms. The summed E-state index contributed by atoms with van der Waals surface area (Å²) in [6.07, 6.45) is -0.0250. The molecule has 0 N–H and O–H groups in total. The van der Waals surface area contributed by atoms with Gasteiger partial charge in [0.25, 0.3) is 0 Å². The molecule has 0 bridgehead atoms. The molecule has 1 aliphatic heterocycles. The molecule has 1 aliphatic rings. The standard InChI is InChI=1S/C17H14ClNO4/c1-21-14-7-12-13(8-15(14)22-2)19-17(23-16(12)9-20)10-3-5-11(18)6-4-10/h3-9,16H,1-2H3. The minimum Gasteiger partial charge on any atom is -0.493 e. The molecule has 0 fully saturated rings. The van der Waals surface area contributed by atoms with Crippen LogP contribution in [0.15, 0.2) is 41.4 Å². The number of aliphatic imine (C=N–C) groups is 1. The van der Waals surface area contributed by atoms with Crippen LogP contribution in [0, 0.1) is 0 Å². The minimum atomic E-state index is -0.756. The maximum atomic E-state index is 11.4. The number of rotatable bonds is 4. The van der Waals surface area contributed by atoms with E-state index in [-0.39, 0.29) is 0 Å². The molecule has 118 valence electrons. The van der Waals surface area contributed by atoms with Gasteiger partial charge < -0.3 is 14.2 Å². The summed E-state index contributed by atoms with van der Waals surface area (Å²) >= 11 is 5.89. The summed E-state index contributed by atoms with van der Waals surface area (Å²) in [4.78, 5) is 15.9. The summed E-state index contributed by atoms with van der Waals surface area (Å²) in [5.41, 5.74) is 1.98. The van der Waals surface area contributed by atoms with Crippen LogP contribution in [0.1, 0.15) is 17.2 Å². The van der Waals surface area contributed by atoms with Gasteiger partial charge in [-0.1, -0.05) is 11.6 Å². The second-order valence-corrected chi connectivity index (χ2v) is 5.30. The van der Waals surface area contributed by atoms with Crippen LogP contribution >= 0.6 is 11.6 Å². The highest BCUT2D eigenvalue weighted by molar-refractivity contribution is 6.30. The molecule has 0 saturated carbocycles. The van der Waals surface area contributed by atoms with Crippen LogP contribution in [0.3, 0.4) is 0 Å². The number of carbonyl (C=O) groups excluding carboxylic acids is 1. The number of hydrogen-bond acceptors (Lipinski definition) is 5. The molecule has 1 heterocycles. The van der Waals surface area contributed by atoms with Gasteiger partial charge in [-0.05, 0) is 30.3 Å². The predicted molar refractivity (Wildman–Crippen MR) is 87.1 cm³/mol. The number of nitrogens with zero attached hydrogens (tertiary/aromatic N) is 1. The maximum Gasteiger partial charge on any atom is 0.222 e. The number of halogens is 1. The molecule has 2 aromatic carbocycles.